The Balaban J connectivity index is 2.03. The van der Waals surface area contributed by atoms with Gasteiger partial charge in [0.25, 0.3) is 0 Å². The molecule has 5 heteroatoms. The Bertz CT molecular complexity index is 360. The van der Waals surface area contributed by atoms with Crippen molar-refractivity contribution in [3.05, 3.63) is 23.4 Å². The lowest BCUT2D eigenvalue weighted by Gasteiger charge is -2.32. The number of allylic oxidation sites excluding steroid dienone is 3. The van der Waals surface area contributed by atoms with Gasteiger partial charge in [-0.25, -0.2) is 0 Å². The van der Waals surface area contributed by atoms with E-state index in [1.165, 1.54) is 6.08 Å². The average Bonchev–Trinajstić information content (AvgIpc) is 2.38. The van der Waals surface area contributed by atoms with E-state index in [4.69, 9.17) is 4.74 Å². The number of halogens is 3. The van der Waals surface area contributed by atoms with Crippen LogP contribution < -0.4 is 5.32 Å². The fraction of sp³-hybridized carbons (Fsp3) is 0.692. The van der Waals surface area contributed by atoms with Gasteiger partial charge in [0, 0.05) is 25.3 Å². The number of nitrogens with one attached hydrogen (secondary N) is 1. The van der Waals surface area contributed by atoms with Crippen LogP contribution in [0.15, 0.2) is 23.4 Å². The van der Waals surface area contributed by atoms with E-state index in [-0.39, 0.29) is 12.6 Å². The zero-order valence-corrected chi connectivity index (χ0v) is 10.4. The highest BCUT2D eigenvalue weighted by Crippen LogP contribution is 2.33. The summed E-state index contributed by atoms with van der Waals surface area (Å²) < 4.78 is 42.7. The lowest BCUT2D eigenvalue weighted by atomic mass is 9.84. The normalized spacial score (nSPS) is 29.3. The van der Waals surface area contributed by atoms with Gasteiger partial charge in [-0.15, -0.1) is 0 Å². The number of hydrogen-bond acceptors (Lipinski definition) is 2. The molecule has 102 valence electrons. The number of rotatable bonds is 2. The number of hydrogen-bond donors (Lipinski definition) is 1. The smallest absolute Gasteiger partial charge is 0.384 e. The molecule has 0 aromatic carbocycles. The third kappa shape index (κ3) is 3.07. The summed E-state index contributed by atoms with van der Waals surface area (Å²) in [5.74, 6) is 0.301. The van der Waals surface area contributed by atoms with E-state index in [1.54, 1.807) is 13.2 Å². The number of dihydropyridines is 1. The number of methoxy groups -OCH3 is 1. The highest BCUT2D eigenvalue weighted by molar-refractivity contribution is 5.28. The molecule has 0 saturated heterocycles. The van der Waals surface area contributed by atoms with Crippen LogP contribution in [0.1, 0.15) is 25.7 Å². The van der Waals surface area contributed by atoms with Crippen LogP contribution in [0, 0.1) is 5.92 Å². The van der Waals surface area contributed by atoms with Crippen molar-refractivity contribution in [2.75, 3.05) is 13.7 Å². The van der Waals surface area contributed by atoms with E-state index in [1.807, 2.05) is 0 Å². The van der Waals surface area contributed by atoms with E-state index in [9.17, 15) is 13.2 Å². The van der Waals surface area contributed by atoms with Gasteiger partial charge in [-0.05, 0) is 25.3 Å². The summed E-state index contributed by atoms with van der Waals surface area (Å²) >= 11 is 0. The first kappa shape index (κ1) is 13.5. The number of alkyl halides is 3. The molecular formula is C13H18F3NO. The third-order valence-electron chi connectivity index (χ3n) is 3.71. The van der Waals surface area contributed by atoms with Crippen LogP contribution in [-0.2, 0) is 4.74 Å². The van der Waals surface area contributed by atoms with Crippen molar-refractivity contribution >= 4 is 0 Å². The van der Waals surface area contributed by atoms with E-state index >= 15 is 0 Å². The molecular weight excluding hydrogens is 243 g/mol. The van der Waals surface area contributed by atoms with Gasteiger partial charge in [0.05, 0.1) is 11.7 Å². The van der Waals surface area contributed by atoms with Crippen molar-refractivity contribution in [3.8, 4) is 0 Å². The first-order chi connectivity index (χ1) is 8.50. The van der Waals surface area contributed by atoms with Crippen LogP contribution in [0.25, 0.3) is 0 Å². The summed E-state index contributed by atoms with van der Waals surface area (Å²) in [7, 11) is 1.69. The average molecular weight is 261 g/mol. The van der Waals surface area contributed by atoms with Crippen molar-refractivity contribution in [2.45, 2.75) is 38.0 Å². The Hall–Kier alpha value is -0.970. The Morgan fingerprint density at radius 1 is 1.28 bits per heavy atom. The lowest BCUT2D eigenvalue weighted by Crippen LogP contribution is -2.33. The van der Waals surface area contributed by atoms with Crippen molar-refractivity contribution < 1.29 is 17.9 Å². The van der Waals surface area contributed by atoms with E-state index in [2.05, 4.69) is 5.32 Å². The molecule has 0 radical (unpaired) electrons. The summed E-state index contributed by atoms with van der Waals surface area (Å²) in [6.07, 6.45) is 2.81. The highest BCUT2D eigenvalue weighted by Gasteiger charge is 2.35. The first-order valence-corrected chi connectivity index (χ1v) is 6.25. The minimum Gasteiger partial charge on any atom is -0.384 e. The molecule has 1 aliphatic carbocycles. The monoisotopic (exact) mass is 261 g/mol. The van der Waals surface area contributed by atoms with Crippen LogP contribution in [-0.4, -0.2) is 25.9 Å². The molecule has 18 heavy (non-hydrogen) atoms. The van der Waals surface area contributed by atoms with Gasteiger partial charge >= 0.3 is 6.18 Å². The highest BCUT2D eigenvalue weighted by atomic mass is 19.4. The Kier molecular flexibility index (Phi) is 4.00. The molecule has 1 N–H and O–H groups in total. The molecule has 2 nitrogen and oxygen atoms in total. The van der Waals surface area contributed by atoms with E-state index < -0.39 is 11.7 Å². The quantitative estimate of drug-likeness (QED) is 0.824. The van der Waals surface area contributed by atoms with Crippen LogP contribution >= 0.6 is 0 Å². The molecule has 2 rings (SSSR count). The maximum absolute atomic E-state index is 12.5. The first-order valence-electron chi connectivity index (χ1n) is 6.25. The molecule has 2 unspecified atom stereocenters. The molecule has 0 spiro atoms. The molecule has 0 amide bonds. The molecule has 2 atom stereocenters. The van der Waals surface area contributed by atoms with Gasteiger partial charge < -0.3 is 10.1 Å². The van der Waals surface area contributed by atoms with Gasteiger partial charge in [0.2, 0.25) is 0 Å². The Morgan fingerprint density at radius 2 is 2.06 bits per heavy atom. The largest absolute Gasteiger partial charge is 0.414 e. The second kappa shape index (κ2) is 5.34. The maximum atomic E-state index is 12.5. The van der Waals surface area contributed by atoms with Gasteiger partial charge in [-0.2, -0.15) is 13.2 Å². The minimum atomic E-state index is -4.23. The van der Waals surface area contributed by atoms with Gasteiger partial charge in [-0.3, -0.25) is 0 Å². The lowest BCUT2D eigenvalue weighted by molar-refractivity contribution is -0.0930. The fourth-order valence-electron chi connectivity index (χ4n) is 2.62. The maximum Gasteiger partial charge on any atom is 0.414 e. The van der Waals surface area contributed by atoms with Crippen LogP contribution in [0.4, 0.5) is 13.2 Å². The Labute approximate surface area is 105 Å². The SMILES string of the molecule is COC1CCCC(C2=CC=C(C(F)(F)F)CN2)C1. The molecule has 1 fully saturated rings. The molecule has 0 aromatic heterocycles. The van der Waals surface area contributed by atoms with Crippen molar-refractivity contribution in [1.82, 2.24) is 5.32 Å². The topological polar surface area (TPSA) is 21.3 Å². The summed E-state index contributed by atoms with van der Waals surface area (Å²) in [4.78, 5) is 0. The zero-order valence-electron chi connectivity index (χ0n) is 10.4. The zero-order chi connectivity index (χ0) is 13.2. The second-order valence-corrected chi connectivity index (χ2v) is 4.89. The van der Waals surface area contributed by atoms with Crippen molar-refractivity contribution in [1.29, 1.82) is 0 Å². The molecule has 1 heterocycles. The van der Waals surface area contributed by atoms with Gasteiger partial charge in [-0.1, -0.05) is 12.5 Å². The molecule has 2 aliphatic rings. The number of ether oxygens (including phenoxy) is 1. The molecule has 1 aliphatic heterocycles. The predicted octanol–water partition coefficient (Wildman–Crippen LogP) is 3.17. The molecule has 0 aromatic rings. The second-order valence-electron chi connectivity index (χ2n) is 4.89. The summed E-state index contributed by atoms with van der Waals surface area (Å²) in [5.41, 5.74) is 0.412. The van der Waals surface area contributed by atoms with Crippen molar-refractivity contribution in [3.63, 3.8) is 0 Å². The fourth-order valence-corrected chi connectivity index (χ4v) is 2.62. The van der Waals surface area contributed by atoms with E-state index in [0.29, 0.717) is 5.92 Å². The van der Waals surface area contributed by atoms with E-state index in [0.717, 1.165) is 31.4 Å². The molecule has 0 bridgehead atoms. The third-order valence-corrected chi connectivity index (χ3v) is 3.71. The summed E-state index contributed by atoms with van der Waals surface area (Å²) in [5, 5.41) is 2.91. The molecule has 1 saturated carbocycles. The van der Waals surface area contributed by atoms with Crippen molar-refractivity contribution in [2.24, 2.45) is 5.92 Å². The standard InChI is InChI=1S/C13H18F3NO/c1-18-11-4-2-3-9(7-11)12-6-5-10(8-17-12)13(14,15)16/h5-6,9,11,17H,2-4,7-8H2,1H3. The summed E-state index contributed by atoms with van der Waals surface area (Å²) in [6, 6.07) is 0. The van der Waals surface area contributed by atoms with Crippen LogP contribution in [0.3, 0.4) is 0 Å². The van der Waals surface area contributed by atoms with Gasteiger partial charge in [0.15, 0.2) is 0 Å². The summed E-state index contributed by atoms with van der Waals surface area (Å²) in [6.45, 7) is -0.122. The van der Waals surface area contributed by atoms with Crippen LogP contribution in [0.2, 0.25) is 0 Å². The predicted molar refractivity (Wildman–Crippen MR) is 63.0 cm³/mol. The Morgan fingerprint density at radius 3 is 2.61 bits per heavy atom. The van der Waals surface area contributed by atoms with Gasteiger partial charge in [0.1, 0.15) is 0 Å². The minimum absolute atomic E-state index is 0.122. The van der Waals surface area contributed by atoms with Crippen LogP contribution in [0.5, 0.6) is 0 Å².